The summed E-state index contributed by atoms with van der Waals surface area (Å²) in [5, 5.41) is 2.83. The van der Waals surface area contributed by atoms with Gasteiger partial charge in [0.2, 0.25) is 11.8 Å². The zero-order valence-corrected chi connectivity index (χ0v) is 17.2. The Hall–Kier alpha value is -2.12. The van der Waals surface area contributed by atoms with Gasteiger partial charge in [0.1, 0.15) is 11.6 Å². The van der Waals surface area contributed by atoms with Crippen molar-refractivity contribution in [2.75, 3.05) is 26.2 Å². The molecule has 1 atom stereocenters. The van der Waals surface area contributed by atoms with Crippen molar-refractivity contribution >= 4 is 23.8 Å². The Bertz CT molecular complexity index is 647. The first-order valence-corrected chi connectivity index (χ1v) is 10.6. The molecule has 1 saturated carbocycles. The van der Waals surface area contributed by atoms with Crippen LogP contribution in [-0.4, -0.2) is 76.2 Å². The Morgan fingerprint density at radius 1 is 1.14 bits per heavy atom. The van der Waals surface area contributed by atoms with Gasteiger partial charge in [-0.05, 0) is 46.5 Å². The van der Waals surface area contributed by atoms with E-state index in [0.29, 0.717) is 51.9 Å². The predicted octanol–water partition coefficient (Wildman–Crippen LogP) is 1.35. The molecule has 0 radical (unpaired) electrons. The van der Waals surface area contributed by atoms with Crippen LogP contribution in [0, 0.1) is 5.92 Å². The molecule has 2 heterocycles. The van der Waals surface area contributed by atoms with Crippen molar-refractivity contribution in [3.05, 3.63) is 0 Å². The maximum atomic E-state index is 13.0. The molecule has 0 aromatic rings. The number of rotatable bonds is 5. The molecule has 2 aliphatic heterocycles. The summed E-state index contributed by atoms with van der Waals surface area (Å²) in [7, 11) is 0. The molecule has 28 heavy (non-hydrogen) atoms. The van der Waals surface area contributed by atoms with E-state index < -0.39 is 17.6 Å². The number of urea groups is 1. The summed E-state index contributed by atoms with van der Waals surface area (Å²) in [5.74, 6) is -0.380. The SMILES string of the molecule is CCN(CC)C(=O)C1CCN(C(=O)C(C)N2C(=O)NC3(CCCC3)C2=O)CC1. The van der Waals surface area contributed by atoms with Crippen molar-refractivity contribution in [2.24, 2.45) is 5.92 Å². The quantitative estimate of drug-likeness (QED) is 0.715. The summed E-state index contributed by atoms with van der Waals surface area (Å²) < 4.78 is 0. The van der Waals surface area contributed by atoms with Gasteiger partial charge >= 0.3 is 6.03 Å². The van der Waals surface area contributed by atoms with E-state index in [1.807, 2.05) is 18.7 Å². The summed E-state index contributed by atoms with van der Waals surface area (Å²) in [6.45, 7) is 7.92. The van der Waals surface area contributed by atoms with Crippen molar-refractivity contribution in [2.45, 2.75) is 70.9 Å². The van der Waals surface area contributed by atoms with Crippen molar-refractivity contribution < 1.29 is 19.2 Å². The van der Waals surface area contributed by atoms with Crippen LogP contribution < -0.4 is 5.32 Å². The number of carbonyl (C=O) groups is 4. The second-order valence-electron chi connectivity index (χ2n) is 8.18. The van der Waals surface area contributed by atoms with Crippen LogP contribution in [0.25, 0.3) is 0 Å². The molecule has 1 aliphatic carbocycles. The molecule has 5 amide bonds. The smallest absolute Gasteiger partial charge is 0.325 e. The van der Waals surface area contributed by atoms with Gasteiger partial charge in [0.25, 0.3) is 5.91 Å². The number of piperidine rings is 1. The molecule has 8 nitrogen and oxygen atoms in total. The third-order valence-corrected chi connectivity index (χ3v) is 6.63. The van der Waals surface area contributed by atoms with E-state index in [-0.39, 0.29) is 23.6 Å². The molecule has 3 rings (SSSR count). The number of imide groups is 1. The van der Waals surface area contributed by atoms with E-state index in [0.717, 1.165) is 17.7 Å². The molecule has 1 unspecified atom stereocenters. The fraction of sp³-hybridized carbons (Fsp3) is 0.800. The summed E-state index contributed by atoms with van der Waals surface area (Å²) >= 11 is 0. The molecule has 0 bridgehead atoms. The molecule has 3 aliphatic rings. The van der Waals surface area contributed by atoms with E-state index in [1.165, 1.54) is 0 Å². The van der Waals surface area contributed by atoms with Gasteiger partial charge in [-0.25, -0.2) is 9.69 Å². The first-order valence-electron chi connectivity index (χ1n) is 10.6. The number of hydrogen-bond acceptors (Lipinski definition) is 4. The fourth-order valence-corrected chi connectivity index (χ4v) is 4.83. The van der Waals surface area contributed by atoms with Crippen LogP contribution in [0.4, 0.5) is 4.79 Å². The largest absolute Gasteiger partial charge is 0.343 e. The highest BCUT2D eigenvalue weighted by molar-refractivity contribution is 6.10. The Morgan fingerprint density at radius 2 is 1.71 bits per heavy atom. The lowest BCUT2D eigenvalue weighted by atomic mass is 9.94. The summed E-state index contributed by atoms with van der Waals surface area (Å²) in [6, 6.07) is -1.28. The second-order valence-corrected chi connectivity index (χ2v) is 8.18. The lowest BCUT2D eigenvalue weighted by Gasteiger charge is -2.36. The number of nitrogens with one attached hydrogen (secondary N) is 1. The Labute approximate surface area is 166 Å². The third kappa shape index (κ3) is 3.49. The maximum Gasteiger partial charge on any atom is 0.325 e. The van der Waals surface area contributed by atoms with Crippen molar-refractivity contribution in [1.82, 2.24) is 20.0 Å². The van der Waals surface area contributed by atoms with Gasteiger partial charge in [0.15, 0.2) is 0 Å². The monoisotopic (exact) mass is 392 g/mol. The van der Waals surface area contributed by atoms with Crippen LogP contribution in [0.5, 0.6) is 0 Å². The van der Waals surface area contributed by atoms with E-state index in [4.69, 9.17) is 0 Å². The zero-order chi connectivity index (χ0) is 20.5. The highest BCUT2D eigenvalue weighted by atomic mass is 16.2. The minimum absolute atomic E-state index is 0.0577. The van der Waals surface area contributed by atoms with Crippen LogP contribution in [-0.2, 0) is 14.4 Å². The van der Waals surface area contributed by atoms with Gasteiger partial charge in [0, 0.05) is 32.1 Å². The molecule has 3 fully saturated rings. The Kier molecular flexibility index (Phi) is 5.95. The van der Waals surface area contributed by atoms with Crippen molar-refractivity contribution in [3.63, 3.8) is 0 Å². The predicted molar refractivity (Wildman–Crippen MR) is 103 cm³/mol. The van der Waals surface area contributed by atoms with Crippen molar-refractivity contribution in [1.29, 1.82) is 0 Å². The fourth-order valence-electron chi connectivity index (χ4n) is 4.83. The van der Waals surface area contributed by atoms with Crippen LogP contribution >= 0.6 is 0 Å². The summed E-state index contributed by atoms with van der Waals surface area (Å²) in [4.78, 5) is 55.4. The first kappa shape index (κ1) is 20.6. The number of nitrogens with zero attached hydrogens (tertiary/aromatic N) is 3. The zero-order valence-electron chi connectivity index (χ0n) is 17.2. The van der Waals surface area contributed by atoms with Gasteiger partial charge < -0.3 is 15.1 Å². The van der Waals surface area contributed by atoms with Crippen LogP contribution in [0.15, 0.2) is 0 Å². The topological polar surface area (TPSA) is 90.0 Å². The first-order chi connectivity index (χ1) is 13.3. The minimum atomic E-state index is -0.817. The average Bonchev–Trinajstić information content (AvgIpc) is 3.26. The average molecular weight is 393 g/mol. The molecular weight excluding hydrogens is 360 g/mol. The number of amides is 5. The number of hydrogen-bond donors (Lipinski definition) is 1. The number of likely N-dealkylation sites (tertiary alicyclic amines) is 1. The van der Waals surface area contributed by atoms with Gasteiger partial charge in [-0.15, -0.1) is 0 Å². The van der Waals surface area contributed by atoms with Crippen molar-refractivity contribution in [3.8, 4) is 0 Å². The molecule has 1 spiro atoms. The minimum Gasteiger partial charge on any atom is -0.343 e. The standard InChI is InChI=1S/C20H32N4O4/c1-4-22(5-2)17(26)15-8-12-23(13-9-15)16(25)14(3)24-18(27)20(21-19(24)28)10-6-7-11-20/h14-15H,4-13H2,1-3H3,(H,21,28). The Balaban J connectivity index is 1.60. The van der Waals surface area contributed by atoms with E-state index in [1.54, 1.807) is 11.8 Å². The molecule has 2 saturated heterocycles. The highest BCUT2D eigenvalue weighted by Gasteiger charge is 2.54. The molecule has 8 heteroatoms. The van der Waals surface area contributed by atoms with Gasteiger partial charge in [0.05, 0.1) is 0 Å². The maximum absolute atomic E-state index is 13.0. The van der Waals surface area contributed by atoms with Crippen LogP contribution in [0.2, 0.25) is 0 Å². The number of carbonyl (C=O) groups excluding carboxylic acids is 4. The third-order valence-electron chi connectivity index (χ3n) is 6.63. The summed E-state index contributed by atoms with van der Waals surface area (Å²) in [5.41, 5.74) is -0.797. The lowest BCUT2D eigenvalue weighted by molar-refractivity contribution is -0.145. The van der Waals surface area contributed by atoms with E-state index in [2.05, 4.69) is 5.32 Å². The van der Waals surface area contributed by atoms with Crippen LogP contribution in [0.3, 0.4) is 0 Å². The highest BCUT2D eigenvalue weighted by Crippen LogP contribution is 2.36. The normalized spacial score (nSPS) is 23.2. The molecule has 0 aromatic carbocycles. The molecule has 0 aromatic heterocycles. The molecule has 156 valence electrons. The van der Waals surface area contributed by atoms with E-state index >= 15 is 0 Å². The molecule has 1 N–H and O–H groups in total. The summed E-state index contributed by atoms with van der Waals surface area (Å²) in [6.07, 6.45) is 4.37. The van der Waals surface area contributed by atoms with Gasteiger partial charge in [-0.1, -0.05) is 12.8 Å². The van der Waals surface area contributed by atoms with Gasteiger partial charge in [-0.3, -0.25) is 14.4 Å². The van der Waals surface area contributed by atoms with E-state index in [9.17, 15) is 19.2 Å². The Morgan fingerprint density at radius 3 is 2.25 bits per heavy atom. The lowest BCUT2D eigenvalue weighted by Crippen LogP contribution is -2.53. The van der Waals surface area contributed by atoms with Crippen LogP contribution in [0.1, 0.15) is 59.3 Å². The van der Waals surface area contributed by atoms with Gasteiger partial charge in [-0.2, -0.15) is 0 Å². The molecular formula is C20H32N4O4. The second kappa shape index (κ2) is 8.09.